The molecular formula is C11H13FO3. The smallest absolute Gasteiger partial charge is 0.303 e. The fourth-order valence-electron chi connectivity index (χ4n) is 1.45. The number of aryl methyl sites for hydroxylation is 2. The molecule has 1 rings (SSSR count). The SMILES string of the molecule is CCc1cc(O)c(F)cc1CCC(=O)O. The van der Waals surface area contributed by atoms with Gasteiger partial charge >= 0.3 is 5.97 Å². The van der Waals surface area contributed by atoms with Crippen LogP contribution in [0.3, 0.4) is 0 Å². The zero-order chi connectivity index (χ0) is 11.4. The monoisotopic (exact) mass is 212 g/mol. The topological polar surface area (TPSA) is 57.5 Å². The number of phenolic OH excluding ortho intramolecular Hbond substituents is 1. The van der Waals surface area contributed by atoms with Gasteiger partial charge in [-0.15, -0.1) is 0 Å². The third-order valence-corrected chi connectivity index (χ3v) is 2.26. The number of benzene rings is 1. The van der Waals surface area contributed by atoms with Gasteiger partial charge in [0.05, 0.1) is 0 Å². The van der Waals surface area contributed by atoms with Crippen molar-refractivity contribution in [2.75, 3.05) is 0 Å². The lowest BCUT2D eigenvalue weighted by molar-refractivity contribution is -0.136. The lowest BCUT2D eigenvalue weighted by atomic mass is 10.0. The molecule has 2 N–H and O–H groups in total. The molecule has 0 bridgehead atoms. The zero-order valence-corrected chi connectivity index (χ0v) is 8.46. The van der Waals surface area contributed by atoms with Crippen molar-refractivity contribution in [2.45, 2.75) is 26.2 Å². The van der Waals surface area contributed by atoms with Gasteiger partial charge in [0.1, 0.15) is 0 Å². The largest absolute Gasteiger partial charge is 0.505 e. The maximum absolute atomic E-state index is 13.0. The molecule has 4 heteroatoms. The summed E-state index contributed by atoms with van der Waals surface area (Å²) in [6.07, 6.45) is 0.899. The number of aromatic hydroxyl groups is 1. The van der Waals surface area contributed by atoms with Gasteiger partial charge in [0.25, 0.3) is 0 Å². The van der Waals surface area contributed by atoms with Crippen LogP contribution >= 0.6 is 0 Å². The molecule has 0 atom stereocenters. The minimum atomic E-state index is -0.912. The maximum Gasteiger partial charge on any atom is 0.303 e. The first-order chi connectivity index (χ1) is 7.04. The van der Waals surface area contributed by atoms with E-state index in [1.807, 2.05) is 6.92 Å². The Morgan fingerprint density at radius 2 is 2.07 bits per heavy atom. The molecule has 0 aromatic heterocycles. The van der Waals surface area contributed by atoms with Crippen LogP contribution in [0.15, 0.2) is 12.1 Å². The number of aliphatic carboxylic acids is 1. The lowest BCUT2D eigenvalue weighted by Gasteiger charge is -2.07. The summed E-state index contributed by atoms with van der Waals surface area (Å²) in [6.45, 7) is 1.87. The van der Waals surface area contributed by atoms with Gasteiger partial charge < -0.3 is 10.2 Å². The maximum atomic E-state index is 13.0. The second-order valence-electron chi connectivity index (χ2n) is 3.32. The van der Waals surface area contributed by atoms with Gasteiger partial charge in [0.2, 0.25) is 0 Å². The Morgan fingerprint density at radius 3 is 2.60 bits per heavy atom. The van der Waals surface area contributed by atoms with Crippen LogP contribution in [0.5, 0.6) is 5.75 Å². The first-order valence-corrected chi connectivity index (χ1v) is 4.76. The number of carboxylic acids is 1. The van der Waals surface area contributed by atoms with Gasteiger partial charge in [-0.25, -0.2) is 4.39 Å². The molecule has 1 aromatic carbocycles. The first kappa shape index (κ1) is 11.5. The summed E-state index contributed by atoms with van der Waals surface area (Å²) in [4.78, 5) is 10.4. The summed E-state index contributed by atoms with van der Waals surface area (Å²) in [6, 6.07) is 2.56. The van der Waals surface area contributed by atoms with E-state index in [0.717, 1.165) is 5.56 Å². The van der Waals surface area contributed by atoms with Gasteiger partial charge in [-0.1, -0.05) is 6.92 Å². The predicted molar refractivity (Wildman–Crippen MR) is 53.4 cm³/mol. The highest BCUT2D eigenvalue weighted by molar-refractivity contribution is 5.67. The quantitative estimate of drug-likeness (QED) is 0.803. The average molecular weight is 212 g/mol. The highest BCUT2D eigenvalue weighted by atomic mass is 19.1. The van der Waals surface area contributed by atoms with E-state index in [9.17, 15) is 9.18 Å². The van der Waals surface area contributed by atoms with Crippen LogP contribution in [0, 0.1) is 5.82 Å². The number of hydrogen-bond acceptors (Lipinski definition) is 2. The summed E-state index contributed by atoms with van der Waals surface area (Å²) in [7, 11) is 0. The number of phenols is 1. The van der Waals surface area contributed by atoms with E-state index in [1.54, 1.807) is 0 Å². The van der Waals surface area contributed by atoms with E-state index in [0.29, 0.717) is 12.0 Å². The van der Waals surface area contributed by atoms with Gasteiger partial charge in [0.15, 0.2) is 11.6 Å². The number of carbonyl (C=O) groups is 1. The molecule has 0 heterocycles. The van der Waals surface area contributed by atoms with Gasteiger partial charge in [0, 0.05) is 6.42 Å². The van der Waals surface area contributed by atoms with Gasteiger partial charge in [-0.05, 0) is 36.1 Å². The molecule has 0 fully saturated rings. The highest BCUT2D eigenvalue weighted by Crippen LogP contribution is 2.22. The molecule has 82 valence electrons. The Bertz CT molecular complexity index is 374. The first-order valence-electron chi connectivity index (χ1n) is 4.76. The molecule has 0 radical (unpaired) electrons. The molecule has 0 aliphatic rings. The van der Waals surface area contributed by atoms with Crippen LogP contribution in [0.2, 0.25) is 0 Å². The van der Waals surface area contributed by atoms with Crippen LogP contribution in [0.25, 0.3) is 0 Å². The van der Waals surface area contributed by atoms with Crippen molar-refractivity contribution in [1.29, 1.82) is 0 Å². The molecule has 0 unspecified atom stereocenters. The molecule has 0 amide bonds. The van der Waals surface area contributed by atoms with Crippen molar-refractivity contribution in [3.05, 3.63) is 29.1 Å². The predicted octanol–water partition coefficient (Wildman–Crippen LogP) is 2.11. The lowest BCUT2D eigenvalue weighted by Crippen LogP contribution is -2.01. The Hall–Kier alpha value is -1.58. The summed E-state index contributed by atoms with van der Waals surface area (Å²) >= 11 is 0. The van der Waals surface area contributed by atoms with E-state index < -0.39 is 11.8 Å². The van der Waals surface area contributed by atoms with Crippen molar-refractivity contribution in [3.63, 3.8) is 0 Å². The summed E-state index contributed by atoms with van der Waals surface area (Å²) in [5, 5.41) is 17.7. The third-order valence-electron chi connectivity index (χ3n) is 2.26. The Balaban J connectivity index is 2.94. The second kappa shape index (κ2) is 4.77. The van der Waals surface area contributed by atoms with Crippen LogP contribution in [0.4, 0.5) is 4.39 Å². The standard InChI is InChI=1S/C11H13FO3/c1-2-7-6-10(13)9(12)5-8(7)3-4-11(14)15/h5-6,13H,2-4H2,1H3,(H,14,15). The summed E-state index contributed by atoms with van der Waals surface area (Å²) < 4.78 is 13.0. The van der Waals surface area contributed by atoms with Crippen molar-refractivity contribution in [3.8, 4) is 5.75 Å². The fourth-order valence-corrected chi connectivity index (χ4v) is 1.45. The highest BCUT2D eigenvalue weighted by Gasteiger charge is 2.09. The van der Waals surface area contributed by atoms with Gasteiger partial charge in [-0.3, -0.25) is 4.79 Å². The van der Waals surface area contributed by atoms with E-state index >= 15 is 0 Å². The number of carboxylic acid groups (broad SMARTS) is 1. The van der Waals surface area contributed by atoms with E-state index in [2.05, 4.69) is 0 Å². The Morgan fingerprint density at radius 1 is 1.40 bits per heavy atom. The molecule has 1 aromatic rings. The molecule has 15 heavy (non-hydrogen) atoms. The van der Waals surface area contributed by atoms with Crippen LogP contribution < -0.4 is 0 Å². The third kappa shape index (κ3) is 2.94. The van der Waals surface area contributed by atoms with Crippen LogP contribution in [0.1, 0.15) is 24.5 Å². The molecule has 0 saturated heterocycles. The van der Waals surface area contributed by atoms with Crippen LogP contribution in [-0.2, 0) is 17.6 Å². The van der Waals surface area contributed by atoms with Crippen molar-refractivity contribution in [2.24, 2.45) is 0 Å². The molecule has 0 spiro atoms. The molecule has 0 aliphatic carbocycles. The molecule has 0 aliphatic heterocycles. The second-order valence-corrected chi connectivity index (χ2v) is 3.32. The van der Waals surface area contributed by atoms with E-state index in [-0.39, 0.29) is 18.6 Å². The molecule has 0 saturated carbocycles. The average Bonchev–Trinajstić information content (AvgIpc) is 2.19. The van der Waals surface area contributed by atoms with Gasteiger partial charge in [-0.2, -0.15) is 0 Å². The van der Waals surface area contributed by atoms with E-state index in [4.69, 9.17) is 10.2 Å². The minimum Gasteiger partial charge on any atom is -0.505 e. The molecular weight excluding hydrogens is 199 g/mol. The summed E-state index contributed by atoms with van der Waals surface area (Å²) in [5.41, 5.74) is 1.44. The Kier molecular flexibility index (Phi) is 3.66. The normalized spacial score (nSPS) is 10.3. The fraction of sp³-hybridized carbons (Fsp3) is 0.364. The summed E-state index contributed by atoms with van der Waals surface area (Å²) in [5.74, 6) is -2.00. The van der Waals surface area contributed by atoms with Crippen molar-refractivity contribution >= 4 is 5.97 Å². The molecule has 3 nitrogen and oxygen atoms in total. The zero-order valence-electron chi connectivity index (χ0n) is 8.46. The number of hydrogen-bond donors (Lipinski definition) is 2. The number of halogens is 1. The van der Waals surface area contributed by atoms with Crippen LogP contribution in [-0.4, -0.2) is 16.2 Å². The number of rotatable bonds is 4. The van der Waals surface area contributed by atoms with Crippen molar-refractivity contribution < 1.29 is 19.4 Å². The Labute approximate surface area is 87.2 Å². The van der Waals surface area contributed by atoms with E-state index in [1.165, 1.54) is 12.1 Å². The minimum absolute atomic E-state index is 0.0305. The van der Waals surface area contributed by atoms with Crippen molar-refractivity contribution in [1.82, 2.24) is 0 Å².